The number of rotatable bonds is 7. The van der Waals surface area contributed by atoms with Gasteiger partial charge in [0, 0.05) is 13.0 Å². The van der Waals surface area contributed by atoms with Crippen molar-refractivity contribution >= 4 is 22.8 Å². The van der Waals surface area contributed by atoms with Crippen molar-refractivity contribution in [2.45, 2.75) is 38.6 Å². The van der Waals surface area contributed by atoms with Gasteiger partial charge >= 0.3 is 0 Å². The molecule has 1 aromatic heterocycles. The SMILES string of the molecule is O=C(Cl)CCCNC(=O)c1ccc(CN2CCCCC2)o1. The summed E-state index contributed by atoms with van der Waals surface area (Å²) < 4.78 is 5.58. The van der Waals surface area contributed by atoms with E-state index in [1.165, 1.54) is 19.3 Å². The number of piperidine rings is 1. The highest BCUT2D eigenvalue weighted by Gasteiger charge is 2.15. The number of furan rings is 1. The molecule has 0 spiro atoms. The van der Waals surface area contributed by atoms with Gasteiger partial charge in [-0.1, -0.05) is 6.42 Å². The van der Waals surface area contributed by atoms with Crippen LogP contribution in [0.2, 0.25) is 0 Å². The lowest BCUT2D eigenvalue weighted by molar-refractivity contribution is -0.111. The number of halogens is 1. The zero-order chi connectivity index (χ0) is 15.1. The monoisotopic (exact) mass is 312 g/mol. The summed E-state index contributed by atoms with van der Waals surface area (Å²) in [6.45, 7) is 3.36. The van der Waals surface area contributed by atoms with Gasteiger partial charge in [0.1, 0.15) is 5.76 Å². The molecular weight excluding hydrogens is 292 g/mol. The first-order valence-electron chi connectivity index (χ1n) is 7.43. The van der Waals surface area contributed by atoms with Crippen LogP contribution in [-0.2, 0) is 11.3 Å². The van der Waals surface area contributed by atoms with Crippen LogP contribution in [0.25, 0.3) is 0 Å². The van der Waals surface area contributed by atoms with Gasteiger partial charge in [-0.25, -0.2) is 0 Å². The third-order valence-corrected chi connectivity index (χ3v) is 3.74. The molecule has 1 aliphatic heterocycles. The summed E-state index contributed by atoms with van der Waals surface area (Å²) in [6.07, 6.45) is 4.56. The van der Waals surface area contributed by atoms with Crippen LogP contribution >= 0.6 is 11.6 Å². The summed E-state index contributed by atoms with van der Waals surface area (Å²) in [6, 6.07) is 3.55. The molecule has 0 unspecified atom stereocenters. The van der Waals surface area contributed by atoms with E-state index in [0.29, 0.717) is 18.7 Å². The van der Waals surface area contributed by atoms with E-state index < -0.39 is 0 Å². The molecule has 0 bridgehead atoms. The molecule has 1 N–H and O–H groups in total. The van der Waals surface area contributed by atoms with Crippen molar-refractivity contribution in [2.75, 3.05) is 19.6 Å². The second kappa shape index (κ2) is 8.20. The summed E-state index contributed by atoms with van der Waals surface area (Å²) in [4.78, 5) is 24.8. The maximum absolute atomic E-state index is 11.9. The summed E-state index contributed by atoms with van der Waals surface area (Å²) in [7, 11) is 0. The van der Waals surface area contributed by atoms with Crippen molar-refractivity contribution in [2.24, 2.45) is 0 Å². The van der Waals surface area contributed by atoms with Gasteiger partial charge in [0.05, 0.1) is 6.54 Å². The highest BCUT2D eigenvalue weighted by atomic mass is 35.5. The second-order valence-corrected chi connectivity index (χ2v) is 5.74. The van der Waals surface area contributed by atoms with Crippen LogP contribution in [0.5, 0.6) is 0 Å². The van der Waals surface area contributed by atoms with Crippen molar-refractivity contribution < 1.29 is 14.0 Å². The zero-order valence-electron chi connectivity index (χ0n) is 12.1. The number of likely N-dealkylation sites (tertiary alicyclic amines) is 1. The fraction of sp³-hybridized carbons (Fsp3) is 0.600. The lowest BCUT2D eigenvalue weighted by Crippen LogP contribution is -2.28. The van der Waals surface area contributed by atoms with Crippen molar-refractivity contribution in [1.82, 2.24) is 10.2 Å². The molecule has 0 aromatic carbocycles. The van der Waals surface area contributed by atoms with Crippen LogP contribution in [-0.4, -0.2) is 35.7 Å². The first-order valence-corrected chi connectivity index (χ1v) is 7.80. The maximum atomic E-state index is 11.9. The normalized spacial score (nSPS) is 15.9. The molecule has 21 heavy (non-hydrogen) atoms. The molecule has 1 fully saturated rings. The maximum Gasteiger partial charge on any atom is 0.286 e. The van der Waals surface area contributed by atoms with E-state index in [2.05, 4.69) is 10.2 Å². The van der Waals surface area contributed by atoms with Gasteiger partial charge in [-0.2, -0.15) is 0 Å². The van der Waals surface area contributed by atoms with Crippen LogP contribution in [0.1, 0.15) is 48.4 Å². The quantitative estimate of drug-likeness (QED) is 0.621. The fourth-order valence-corrected chi connectivity index (χ4v) is 2.57. The third kappa shape index (κ3) is 5.52. The van der Waals surface area contributed by atoms with Crippen LogP contribution in [0.4, 0.5) is 0 Å². The van der Waals surface area contributed by atoms with E-state index in [0.717, 1.165) is 25.4 Å². The van der Waals surface area contributed by atoms with E-state index in [-0.39, 0.29) is 17.6 Å². The molecule has 6 heteroatoms. The highest BCUT2D eigenvalue weighted by Crippen LogP contribution is 2.15. The molecule has 1 amide bonds. The molecule has 1 aliphatic rings. The molecule has 2 heterocycles. The Morgan fingerprint density at radius 1 is 1.24 bits per heavy atom. The summed E-state index contributed by atoms with van der Waals surface area (Å²) >= 11 is 5.23. The van der Waals surface area contributed by atoms with Gasteiger partial charge in [-0.3, -0.25) is 14.5 Å². The summed E-state index contributed by atoms with van der Waals surface area (Å²) in [5, 5.41) is 2.33. The molecule has 0 saturated carbocycles. The van der Waals surface area contributed by atoms with Gasteiger partial charge < -0.3 is 9.73 Å². The summed E-state index contributed by atoms with van der Waals surface area (Å²) in [5.41, 5.74) is 0. The molecule has 0 aliphatic carbocycles. The Bertz CT molecular complexity index is 481. The first kappa shape index (κ1) is 16.0. The molecule has 0 atom stereocenters. The Labute approximate surface area is 129 Å². The van der Waals surface area contributed by atoms with Crippen molar-refractivity contribution in [1.29, 1.82) is 0 Å². The highest BCUT2D eigenvalue weighted by molar-refractivity contribution is 6.63. The standard InChI is InChI=1S/C15H21ClN2O3/c16-14(19)5-4-8-17-15(20)13-7-6-12(21-13)11-18-9-2-1-3-10-18/h6-7H,1-5,8-11H2,(H,17,20). The average Bonchev–Trinajstić information content (AvgIpc) is 2.93. The second-order valence-electron chi connectivity index (χ2n) is 5.32. The van der Waals surface area contributed by atoms with Crippen molar-refractivity contribution in [3.05, 3.63) is 23.7 Å². The number of hydrogen-bond acceptors (Lipinski definition) is 4. The van der Waals surface area contributed by atoms with Gasteiger partial charge in [-0.05, 0) is 56.1 Å². The van der Waals surface area contributed by atoms with Crippen LogP contribution in [0, 0.1) is 0 Å². The topological polar surface area (TPSA) is 62.6 Å². The largest absolute Gasteiger partial charge is 0.455 e. The molecule has 2 rings (SSSR count). The summed E-state index contributed by atoms with van der Waals surface area (Å²) in [5.74, 6) is 0.888. The first-order chi connectivity index (χ1) is 10.1. The van der Waals surface area contributed by atoms with Crippen molar-refractivity contribution in [3.63, 3.8) is 0 Å². The van der Waals surface area contributed by atoms with Gasteiger partial charge in [0.15, 0.2) is 5.76 Å². The molecule has 0 radical (unpaired) electrons. The van der Waals surface area contributed by atoms with E-state index in [1.54, 1.807) is 6.07 Å². The van der Waals surface area contributed by atoms with Crippen molar-refractivity contribution in [3.8, 4) is 0 Å². The smallest absolute Gasteiger partial charge is 0.286 e. The average molecular weight is 313 g/mol. The number of nitrogens with one attached hydrogen (secondary N) is 1. The Balaban J connectivity index is 1.75. The number of carbonyl (C=O) groups is 2. The molecule has 1 aromatic rings. The lowest BCUT2D eigenvalue weighted by Gasteiger charge is -2.25. The Morgan fingerprint density at radius 3 is 2.71 bits per heavy atom. The number of nitrogens with zero attached hydrogens (tertiary/aromatic N) is 1. The van der Waals surface area contributed by atoms with Gasteiger partial charge in [-0.15, -0.1) is 0 Å². The zero-order valence-corrected chi connectivity index (χ0v) is 12.8. The molecule has 116 valence electrons. The van der Waals surface area contributed by atoms with E-state index in [9.17, 15) is 9.59 Å². The van der Waals surface area contributed by atoms with Crippen LogP contribution in [0.3, 0.4) is 0 Å². The predicted molar refractivity (Wildman–Crippen MR) is 80.3 cm³/mol. The third-order valence-electron chi connectivity index (χ3n) is 3.55. The Hall–Kier alpha value is -1.33. The Kier molecular flexibility index (Phi) is 6.26. The van der Waals surface area contributed by atoms with Crippen LogP contribution < -0.4 is 5.32 Å². The van der Waals surface area contributed by atoms with E-state index in [4.69, 9.17) is 16.0 Å². The predicted octanol–water partition coefficient (Wildman–Crippen LogP) is 2.54. The Morgan fingerprint density at radius 2 is 2.00 bits per heavy atom. The number of amides is 1. The number of hydrogen-bond donors (Lipinski definition) is 1. The van der Waals surface area contributed by atoms with Gasteiger partial charge in [0.2, 0.25) is 5.24 Å². The number of carbonyl (C=O) groups excluding carboxylic acids is 2. The van der Waals surface area contributed by atoms with Gasteiger partial charge in [0.25, 0.3) is 5.91 Å². The van der Waals surface area contributed by atoms with E-state index >= 15 is 0 Å². The molecular formula is C15H21ClN2O3. The fourth-order valence-electron chi connectivity index (χ4n) is 2.44. The molecule has 5 nitrogen and oxygen atoms in total. The molecule has 1 saturated heterocycles. The minimum atomic E-state index is -0.383. The minimum absolute atomic E-state index is 0.248. The lowest BCUT2D eigenvalue weighted by atomic mass is 10.1. The van der Waals surface area contributed by atoms with E-state index in [1.807, 2.05) is 6.07 Å². The minimum Gasteiger partial charge on any atom is -0.455 e. The van der Waals surface area contributed by atoms with Crippen LogP contribution in [0.15, 0.2) is 16.5 Å².